The number of hydrogen-bond acceptors (Lipinski definition) is 5. The molecule has 1 atom stereocenters. The van der Waals surface area contributed by atoms with E-state index in [4.69, 9.17) is 4.74 Å². The van der Waals surface area contributed by atoms with E-state index in [9.17, 15) is 9.90 Å². The lowest BCUT2D eigenvalue weighted by Gasteiger charge is -2.11. The Balaban J connectivity index is 2.49. The van der Waals surface area contributed by atoms with Crippen LogP contribution in [-0.4, -0.2) is 33.3 Å². The maximum absolute atomic E-state index is 11.2. The minimum atomic E-state index is -1.20. The molecule has 0 fully saturated rings. The van der Waals surface area contributed by atoms with Gasteiger partial charge in [-0.3, -0.25) is 0 Å². The molecule has 0 aliphatic rings. The van der Waals surface area contributed by atoms with Gasteiger partial charge < -0.3 is 9.84 Å². The summed E-state index contributed by atoms with van der Waals surface area (Å²) < 4.78 is 4.84. The topological polar surface area (TPSA) is 72.3 Å². The monoisotopic (exact) mass is 210 g/mol. The highest BCUT2D eigenvalue weighted by Gasteiger charge is 2.19. The van der Waals surface area contributed by atoms with Gasteiger partial charge in [0, 0.05) is 18.8 Å². The Morgan fingerprint density at radius 1 is 1.47 bits per heavy atom. The van der Waals surface area contributed by atoms with Crippen molar-refractivity contribution in [3.63, 3.8) is 0 Å². The molecule has 1 aromatic rings. The third kappa shape index (κ3) is 4.03. The van der Waals surface area contributed by atoms with E-state index in [1.54, 1.807) is 32.3 Å². The average molecular weight is 210 g/mol. The number of nitrogens with zero attached hydrogens (tertiary/aromatic N) is 2. The molecule has 15 heavy (non-hydrogen) atoms. The van der Waals surface area contributed by atoms with E-state index in [1.165, 1.54) is 0 Å². The maximum atomic E-state index is 11.2. The predicted octanol–water partition coefficient (Wildman–Crippen LogP) is 0.332. The number of aliphatic hydroxyl groups excluding tert-OH is 1. The van der Waals surface area contributed by atoms with Gasteiger partial charge in [-0.1, -0.05) is 0 Å². The quantitative estimate of drug-likeness (QED) is 0.725. The Morgan fingerprint density at radius 3 is 2.60 bits per heavy atom. The first-order valence-corrected chi connectivity index (χ1v) is 4.74. The number of ether oxygens (including phenoxy) is 1. The summed E-state index contributed by atoms with van der Waals surface area (Å²) in [5.74, 6) is -0.219. The molecule has 0 aliphatic heterocycles. The molecule has 5 nitrogen and oxygen atoms in total. The molecule has 0 unspecified atom stereocenters. The van der Waals surface area contributed by atoms with Crippen LogP contribution in [-0.2, 0) is 16.0 Å². The summed E-state index contributed by atoms with van der Waals surface area (Å²) in [7, 11) is 0. The molecule has 0 aliphatic carbocycles. The molecule has 0 aromatic carbocycles. The van der Waals surface area contributed by atoms with Crippen molar-refractivity contribution in [1.29, 1.82) is 0 Å². The maximum Gasteiger partial charge on any atom is 0.335 e. The van der Waals surface area contributed by atoms with E-state index in [2.05, 4.69) is 9.97 Å². The van der Waals surface area contributed by atoms with E-state index in [0.29, 0.717) is 5.82 Å². The number of hydrogen-bond donors (Lipinski definition) is 1. The summed E-state index contributed by atoms with van der Waals surface area (Å²) in [6.07, 6.45) is 1.76. The molecule has 0 bridgehead atoms. The van der Waals surface area contributed by atoms with Gasteiger partial charge in [0.1, 0.15) is 5.82 Å². The zero-order valence-corrected chi connectivity index (χ0v) is 8.75. The standard InChI is InChI=1S/C10H14N2O3/c1-7(2)15-10(14)8(13)6-9-11-4-3-5-12-9/h3-5,7-8,13H,6H2,1-2H3/t8-/m1/s1. The summed E-state index contributed by atoms with van der Waals surface area (Å²) in [6, 6.07) is 1.67. The molecule has 1 aromatic heterocycles. The third-order valence-corrected chi connectivity index (χ3v) is 1.62. The van der Waals surface area contributed by atoms with Crippen molar-refractivity contribution < 1.29 is 14.6 Å². The summed E-state index contributed by atoms with van der Waals surface area (Å²) in [5, 5.41) is 9.47. The molecule has 1 heterocycles. The third-order valence-electron chi connectivity index (χ3n) is 1.62. The van der Waals surface area contributed by atoms with E-state index in [-0.39, 0.29) is 12.5 Å². The highest BCUT2D eigenvalue weighted by Crippen LogP contribution is 2.00. The van der Waals surface area contributed by atoms with Gasteiger partial charge in [-0.2, -0.15) is 0 Å². The van der Waals surface area contributed by atoms with E-state index < -0.39 is 12.1 Å². The zero-order chi connectivity index (χ0) is 11.3. The number of esters is 1. The van der Waals surface area contributed by atoms with Gasteiger partial charge in [0.15, 0.2) is 6.10 Å². The molecule has 0 radical (unpaired) electrons. The number of aromatic nitrogens is 2. The van der Waals surface area contributed by atoms with Crippen molar-refractivity contribution in [1.82, 2.24) is 9.97 Å². The summed E-state index contributed by atoms with van der Waals surface area (Å²) in [4.78, 5) is 19.0. The zero-order valence-electron chi connectivity index (χ0n) is 8.75. The lowest BCUT2D eigenvalue weighted by molar-refractivity contribution is -0.157. The van der Waals surface area contributed by atoms with Gasteiger partial charge >= 0.3 is 5.97 Å². The van der Waals surface area contributed by atoms with E-state index in [0.717, 1.165) is 0 Å². The Labute approximate surface area is 88.1 Å². The van der Waals surface area contributed by atoms with E-state index in [1.807, 2.05) is 0 Å². The van der Waals surface area contributed by atoms with Gasteiger partial charge in [-0.25, -0.2) is 14.8 Å². The second-order valence-corrected chi connectivity index (χ2v) is 3.37. The molecule has 0 spiro atoms. The summed E-state index contributed by atoms with van der Waals surface area (Å²) >= 11 is 0. The predicted molar refractivity (Wildman–Crippen MR) is 53.0 cm³/mol. The van der Waals surface area contributed by atoms with Gasteiger partial charge in [0.2, 0.25) is 0 Å². The second-order valence-electron chi connectivity index (χ2n) is 3.37. The lowest BCUT2D eigenvalue weighted by Crippen LogP contribution is -2.28. The fourth-order valence-electron chi connectivity index (χ4n) is 1.00. The van der Waals surface area contributed by atoms with Crippen LogP contribution in [0.25, 0.3) is 0 Å². The van der Waals surface area contributed by atoms with Crippen molar-refractivity contribution in [3.05, 3.63) is 24.3 Å². The Hall–Kier alpha value is -1.49. The van der Waals surface area contributed by atoms with Crippen LogP contribution in [0.4, 0.5) is 0 Å². The Bertz CT molecular complexity index is 314. The van der Waals surface area contributed by atoms with E-state index >= 15 is 0 Å². The summed E-state index contributed by atoms with van der Waals surface area (Å²) in [5.41, 5.74) is 0. The van der Waals surface area contributed by atoms with Crippen LogP contribution in [0, 0.1) is 0 Å². The molecule has 5 heteroatoms. The first kappa shape index (κ1) is 11.6. The van der Waals surface area contributed by atoms with Gasteiger partial charge in [0.25, 0.3) is 0 Å². The van der Waals surface area contributed by atoms with Crippen molar-refractivity contribution in [2.75, 3.05) is 0 Å². The largest absolute Gasteiger partial charge is 0.461 e. The van der Waals surface area contributed by atoms with Crippen LogP contribution in [0.3, 0.4) is 0 Å². The number of rotatable bonds is 4. The van der Waals surface area contributed by atoms with Crippen LogP contribution in [0.5, 0.6) is 0 Å². The number of carbonyl (C=O) groups is 1. The van der Waals surface area contributed by atoms with Crippen LogP contribution < -0.4 is 0 Å². The number of carbonyl (C=O) groups excluding carboxylic acids is 1. The van der Waals surface area contributed by atoms with Crippen LogP contribution in [0.2, 0.25) is 0 Å². The molecule has 1 rings (SSSR count). The molecular formula is C10H14N2O3. The average Bonchev–Trinajstić information content (AvgIpc) is 2.18. The van der Waals surface area contributed by atoms with Gasteiger partial charge in [-0.05, 0) is 19.9 Å². The minimum Gasteiger partial charge on any atom is -0.461 e. The first-order valence-electron chi connectivity index (χ1n) is 4.74. The Kier molecular flexibility index (Phi) is 4.17. The molecule has 0 saturated heterocycles. The van der Waals surface area contributed by atoms with Crippen molar-refractivity contribution in [2.45, 2.75) is 32.5 Å². The van der Waals surface area contributed by atoms with Gasteiger partial charge in [-0.15, -0.1) is 0 Å². The van der Waals surface area contributed by atoms with Crippen molar-refractivity contribution in [3.8, 4) is 0 Å². The van der Waals surface area contributed by atoms with Crippen molar-refractivity contribution in [2.24, 2.45) is 0 Å². The van der Waals surface area contributed by atoms with Crippen LogP contribution >= 0.6 is 0 Å². The highest BCUT2D eigenvalue weighted by atomic mass is 16.6. The molecule has 0 saturated carbocycles. The molecule has 82 valence electrons. The second kappa shape index (κ2) is 5.41. The van der Waals surface area contributed by atoms with Crippen LogP contribution in [0.15, 0.2) is 18.5 Å². The highest BCUT2D eigenvalue weighted by molar-refractivity contribution is 5.74. The SMILES string of the molecule is CC(C)OC(=O)[C@H](O)Cc1ncccn1. The first-order chi connectivity index (χ1) is 7.09. The molecular weight excluding hydrogens is 196 g/mol. The number of aliphatic hydroxyl groups is 1. The Morgan fingerprint density at radius 2 is 2.07 bits per heavy atom. The summed E-state index contributed by atoms with van der Waals surface area (Å²) in [6.45, 7) is 3.45. The van der Waals surface area contributed by atoms with Crippen LogP contribution in [0.1, 0.15) is 19.7 Å². The smallest absolute Gasteiger partial charge is 0.335 e. The normalized spacial score (nSPS) is 12.5. The fraction of sp³-hybridized carbons (Fsp3) is 0.500. The van der Waals surface area contributed by atoms with Crippen molar-refractivity contribution >= 4 is 5.97 Å². The minimum absolute atomic E-state index is 0.0758. The fourth-order valence-corrected chi connectivity index (χ4v) is 1.00. The molecule has 0 amide bonds. The molecule has 1 N–H and O–H groups in total. The lowest BCUT2D eigenvalue weighted by atomic mass is 10.2. The van der Waals surface area contributed by atoms with Gasteiger partial charge in [0.05, 0.1) is 6.10 Å².